The third-order valence-electron chi connectivity index (χ3n) is 3.96. The van der Waals surface area contributed by atoms with E-state index in [4.69, 9.17) is 10.5 Å². The van der Waals surface area contributed by atoms with E-state index in [1.807, 2.05) is 0 Å². The first-order valence-electron chi connectivity index (χ1n) is 7.13. The summed E-state index contributed by atoms with van der Waals surface area (Å²) in [6, 6.07) is 4.98. The highest BCUT2D eigenvalue weighted by Crippen LogP contribution is 2.36. The van der Waals surface area contributed by atoms with Crippen molar-refractivity contribution in [2.24, 2.45) is 5.92 Å². The molecule has 2 N–H and O–H groups in total. The molecule has 1 aromatic carbocycles. The number of nitrogens with two attached hydrogens (primary N) is 1. The average molecular weight is 375 g/mol. The topological polar surface area (TPSA) is 72.6 Å². The zero-order chi connectivity index (χ0) is 15.0. The molecule has 0 amide bonds. The van der Waals surface area contributed by atoms with Crippen molar-refractivity contribution < 1.29 is 13.2 Å². The minimum Gasteiger partial charge on any atom is -0.399 e. The number of benzene rings is 1. The molecule has 1 heterocycles. The highest BCUT2D eigenvalue weighted by atomic mass is 79.9. The van der Waals surface area contributed by atoms with Crippen LogP contribution >= 0.6 is 15.9 Å². The van der Waals surface area contributed by atoms with Crippen molar-refractivity contribution in [1.29, 1.82) is 0 Å². The van der Waals surface area contributed by atoms with E-state index in [2.05, 4.69) is 15.9 Å². The predicted molar refractivity (Wildman–Crippen MR) is 84.4 cm³/mol. The van der Waals surface area contributed by atoms with Crippen molar-refractivity contribution in [2.45, 2.75) is 30.2 Å². The van der Waals surface area contributed by atoms with Crippen molar-refractivity contribution in [1.82, 2.24) is 4.31 Å². The molecule has 0 radical (unpaired) electrons. The van der Waals surface area contributed by atoms with Gasteiger partial charge in [0.05, 0.1) is 11.5 Å². The van der Waals surface area contributed by atoms with Crippen LogP contribution in [-0.4, -0.2) is 38.5 Å². The lowest BCUT2D eigenvalue weighted by Gasteiger charge is -2.25. The molecule has 0 bridgehead atoms. The van der Waals surface area contributed by atoms with Gasteiger partial charge in [-0.25, -0.2) is 8.42 Å². The molecular weight excluding hydrogens is 356 g/mol. The molecule has 3 rings (SSSR count). The molecule has 1 unspecified atom stereocenters. The lowest BCUT2D eigenvalue weighted by atomic mass is 10.1. The highest BCUT2D eigenvalue weighted by Gasteiger charge is 2.40. The fraction of sp³-hybridized carbons (Fsp3) is 0.571. The first-order chi connectivity index (χ1) is 9.98. The number of hydrogen-bond acceptors (Lipinski definition) is 4. The zero-order valence-electron chi connectivity index (χ0n) is 11.7. The lowest BCUT2D eigenvalue weighted by molar-refractivity contribution is 0.180. The molecule has 2 aliphatic rings. The number of nitrogen functional groups attached to an aromatic ring is 1. The van der Waals surface area contributed by atoms with Gasteiger partial charge in [0, 0.05) is 29.4 Å². The van der Waals surface area contributed by atoms with Crippen molar-refractivity contribution in [2.75, 3.05) is 25.5 Å². The lowest BCUT2D eigenvalue weighted by Crippen LogP contribution is -2.37. The van der Waals surface area contributed by atoms with Crippen LogP contribution in [0.25, 0.3) is 0 Å². The number of halogens is 1. The van der Waals surface area contributed by atoms with Gasteiger partial charge in [0.2, 0.25) is 10.0 Å². The van der Waals surface area contributed by atoms with E-state index in [9.17, 15) is 8.42 Å². The van der Waals surface area contributed by atoms with Gasteiger partial charge in [-0.3, -0.25) is 0 Å². The first-order valence-corrected chi connectivity index (χ1v) is 9.36. The number of anilines is 1. The Morgan fingerprint density at radius 2 is 2.10 bits per heavy atom. The largest absolute Gasteiger partial charge is 0.399 e. The van der Waals surface area contributed by atoms with Crippen LogP contribution in [0, 0.1) is 5.92 Å². The summed E-state index contributed by atoms with van der Waals surface area (Å²) < 4.78 is 33.4. The molecule has 1 aromatic rings. The van der Waals surface area contributed by atoms with Crippen LogP contribution in [0.5, 0.6) is 0 Å². The molecule has 2 fully saturated rings. The van der Waals surface area contributed by atoms with Gasteiger partial charge in [-0.1, -0.05) is 0 Å². The van der Waals surface area contributed by atoms with Crippen LogP contribution in [0.15, 0.2) is 27.6 Å². The summed E-state index contributed by atoms with van der Waals surface area (Å²) in [6.07, 6.45) is 2.82. The number of hydrogen-bond donors (Lipinski definition) is 1. The highest BCUT2D eigenvalue weighted by molar-refractivity contribution is 9.10. The van der Waals surface area contributed by atoms with Gasteiger partial charge in [-0.15, -0.1) is 0 Å². The summed E-state index contributed by atoms with van der Waals surface area (Å²) in [5.41, 5.74) is 6.24. The van der Waals surface area contributed by atoms with Gasteiger partial charge in [0.1, 0.15) is 0 Å². The van der Waals surface area contributed by atoms with Crippen LogP contribution in [0.3, 0.4) is 0 Å². The third kappa shape index (κ3) is 3.26. The van der Waals surface area contributed by atoms with Gasteiger partial charge >= 0.3 is 0 Å². The van der Waals surface area contributed by atoms with Crippen LogP contribution in [0.1, 0.15) is 19.3 Å². The van der Waals surface area contributed by atoms with E-state index in [0.29, 0.717) is 34.1 Å². The van der Waals surface area contributed by atoms with Crippen molar-refractivity contribution in [3.8, 4) is 0 Å². The Labute approximate surface area is 133 Å². The number of nitrogens with zero attached hydrogens (tertiary/aromatic N) is 1. The average Bonchev–Trinajstić information content (AvgIpc) is 3.11. The monoisotopic (exact) mass is 374 g/mol. The summed E-state index contributed by atoms with van der Waals surface area (Å²) in [7, 11) is -3.50. The van der Waals surface area contributed by atoms with Crippen molar-refractivity contribution >= 4 is 31.6 Å². The van der Waals surface area contributed by atoms with E-state index in [0.717, 1.165) is 25.9 Å². The first kappa shape index (κ1) is 15.3. The number of sulfonamides is 1. The van der Waals surface area contributed by atoms with Gasteiger partial charge in [0.15, 0.2) is 0 Å². The molecule has 7 heteroatoms. The number of rotatable bonds is 5. The fourth-order valence-corrected chi connectivity index (χ4v) is 5.46. The molecule has 1 saturated carbocycles. The second-order valence-electron chi connectivity index (χ2n) is 5.73. The Bertz CT molecular complexity index is 625. The second kappa shape index (κ2) is 5.87. The smallest absolute Gasteiger partial charge is 0.244 e. The minimum absolute atomic E-state index is 0.139. The molecule has 1 saturated heterocycles. The molecule has 1 aliphatic heterocycles. The third-order valence-corrected chi connectivity index (χ3v) is 6.85. The Kier molecular flexibility index (Phi) is 4.27. The maximum atomic E-state index is 12.9. The molecule has 116 valence electrons. The Balaban J connectivity index is 1.89. The molecule has 0 spiro atoms. The summed E-state index contributed by atoms with van der Waals surface area (Å²) in [5, 5.41) is 0. The summed E-state index contributed by atoms with van der Waals surface area (Å²) in [5.74, 6) is 0.299. The van der Waals surface area contributed by atoms with Crippen LogP contribution in [0.4, 0.5) is 5.69 Å². The van der Waals surface area contributed by atoms with Gasteiger partial charge in [-0.2, -0.15) is 4.31 Å². The van der Waals surface area contributed by atoms with Crippen molar-refractivity contribution in [3.05, 3.63) is 22.7 Å². The Morgan fingerprint density at radius 1 is 1.33 bits per heavy atom. The molecule has 5 nitrogen and oxygen atoms in total. The maximum absolute atomic E-state index is 12.9. The molecular formula is C14H19BrN2O3S. The SMILES string of the molecule is Nc1ccc(S(=O)(=O)N(CC2CCOC2)C2CC2)c(Br)c1. The van der Waals surface area contributed by atoms with E-state index in [1.54, 1.807) is 22.5 Å². The molecule has 21 heavy (non-hydrogen) atoms. The molecule has 1 aliphatic carbocycles. The maximum Gasteiger partial charge on any atom is 0.244 e. The van der Waals surface area contributed by atoms with Crippen molar-refractivity contribution in [3.63, 3.8) is 0 Å². The van der Waals surface area contributed by atoms with Gasteiger partial charge < -0.3 is 10.5 Å². The Morgan fingerprint density at radius 3 is 2.67 bits per heavy atom. The van der Waals surface area contributed by atoms with E-state index in [1.165, 1.54) is 0 Å². The zero-order valence-corrected chi connectivity index (χ0v) is 14.1. The fourth-order valence-electron chi connectivity index (χ4n) is 2.64. The standard InChI is InChI=1S/C14H19BrN2O3S/c15-13-7-11(16)1-4-14(13)21(18,19)17(12-2-3-12)8-10-5-6-20-9-10/h1,4,7,10,12H,2-3,5-6,8-9,16H2. The predicted octanol–water partition coefficient (Wildman–Crippen LogP) is 2.22. The van der Waals surface area contributed by atoms with Gasteiger partial charge in [0.25, 0.3) is 0 Å². The normalized spacial score (nSPS) is 22.9. The van der Waals surface area contributed by atoms with Gasteiger partial charge in [-0.05, 0) is 59.3 Å². The second-order valence-corrected chi connectivity index (χ2v) is 8.44. The quantitative estimate of drug-likeness (QED) is 0.801. The summed E-state index contributed by atoms with van der Waals surface area (Å²) in [4.78, 5) is 0.294. The summed E-state index contributed by atoms with van der Waals surface area (Å²) >= 11 is 3.32. The molecule has 0 aromatic heterocycles. The van der Waals surface area contributed by atoms with Crippen LogP contribution in [-0.2, 0) is 14.8 Å². The Hall–Kier alpha value is -0.630. The van der Waals surface area contributed by atoms with E-state index in [-0.39, 0.29) is 6.04 Å². The van der Waals surface area contributed by atoms with Crippen LogP contribution < -0.4 is 5.73 Å². The summed E-state index contributed by atoms with van der Waals surface area (Å²) in [6.45, 7) is 1.93. The van der Waals surface area contributed by atoms with Crippen LogP contribution in [0.2, 0.25) is 0 Å². The van der Waals surface area contributed by atoms with E-state index < -0.39 is 10.0 Å². The molecule has 1 atom stereocenters. The minimum atomic E-state index is -3.50. The number of ether oxygens (including phenoxy) is 1. The van der Waals surface area contributed by atoms with E-state index >= 15 is 0 Å².